The molecule has 3 heteroatoms. The molecule has 2 aromatic rings. The molecular weight excluding hydrogens is 262 g/mol. The Bertz CT molecular complexity index is 528. The summed E-state index contributed by atoms with van der Waals surface area (Å²) in [6.07, 6.45) is 0.814. The lowest BCUT2D eigenvalue weighted by molar-refractivity contribution is 0.240. The van der Waals surface area contributed by atoms with Gasteiger partial charge in [-0.15, -0.1) is 0 Å². The van der Waals surface area contributed by atoms with E-state index in [1.54, 1.807) is 0 Å². The molecule has 0 aromatic heterocycles. The minimum atomic E-state index is 0.0436. The maximum atomic E-state index is 9.54. The number of aliphatic hydroxyl groups excluding tert-OH is 1. The van der Waals surface area contributed by atoms with Gasteiger partial charge < -0.3 is 15.2 Å². The molecular formula is C18H23NO2. The first-order valence-corrected chi connectivity index (χ1v) is 7.42. The monoisotopic (exact) mass is 285 g/mol. The van der Waals surface area contributed by atoms with Crippen LogP contribution in [0.25, 0.3) is 0 Å². The van der Waals surface area contributed by atoms with Crippen LogP contribution >= 0.6 is 0 Å². The van der Waals surface area contributed by atoms with Crippen molar-refractivity contribution in [2.75, 3.05) is 13.2 Å². The van der Waals surface area contributed by atoms with Gasteiger partial charge >= 0.3 is 0 Å². The van der Waals surface area contributed by atoms with Crippen molar-refractivity contribution in [1.82, 2.24) is 5.32 Å². The second kappa shape index (κ2) is 8.45. The van der Waals surface area contributed by atoms with Crippen LogP contribution in [0.2, 0.25) is 0 Å². The molecule has 2 rings (SSSR count). The molecule has 0 spiro atoms. The van der Waals surface area contributed by atoms with Crippen molar-refractivity contribution in [2.45, 2.75) is 25.9 Å². The van der Waals surface area contributed by atoms with Gasteiger partial charge in [-0.25, -0.2) is 0 Å². The fourth-order valence-corrected chi connectivity index (χ4v) is 2.30. The molecule has 112 valence electrons. The standard InChI is InChI=1S/C18H23NO2/c1-2-21-18-11-7-6-10-16(18)13-19-17(14-20)12-15-8-4-3-5-9-15/h3-11,17,19-20H,2,12-14H2,1H3/t17-/m0/s1. The number of hydrogen-bond donors (Lipinski definition) is 2. The smallest absolute Gasteiger partial charge is 0.123 e. The third-order valence-electron chi connectivity index (χ3n) is 3.40. The summed E-state index contributed by atoms with van der Waals surface area (Å²) in [4.78, 5) is 0. The molecule has 0 heterocycles. The first kappa shape index (κ1) is 15.5. The Morgan fingerprint density at radius 2 is 1.76 bits per heavy atom. The largest absolute Gasteiger partial charge is 0.494 e. The lowest BCUT2D eigenvalue weighted by atomic mass is 10.1. The number of nitrogens with one attached hydrogen (secondary N) is 1. The van der Waals surface area contributed by atoms with Gasteiger partial charge in [-0.2, -0.15) is 0 Å². The summed E-state index contributed by atoms with van der Waals surface area (Å²) >= 11 is 0. The summed E-state index contributed by atoms with van der Waals surface area (Å²) in [5.41, 5.74) is 2.34. The van der Waals surface area contributed by atoms with Crippen molar-refractivity contribution in [2.24, 2.45) is 0 Å². The van der Waals surface area contributed by atoms with Crippen LogP contribution in [0.15, 0.2) is 54.6 Å². The Kier molecular flexibility index (Phi) is 6.25. The normalized spacial score (nSPS) is 12.1. The molecule has 0 radical (unpaired) electrons. The maximum Gasteiger partial charge on any atom is 0.123 e. The zero-order chi connectivity index (χ0) is 14.9. The molecule has 3 nitrogen and oxygen atoms in total. The molecule has 0 fully saturated rings. The highest BCUT2D eigenvalue weighted by Gasteiger charge is 2.09. The molecule has 0 aliphatic carbocycles. The Hall–Kier alpha value is -1.84. The van der Waals surface area contributed by atoms with Gasteiger partial charge in [0.15, 0.2) is 0 Å². The number of para-hydroxylation sites is 1. The van der Waals surface area contributed by atoms with E-state index >= 15 is 0 Å². The molecule has 2 aromatic carbocycles. The van der Waals surface area contributed by atoms with Crippen molar-refractivity contribution in [3.63, 3.8) is 0 Å². The molecule has 0 aliphatic rings. The van der Waals surface area contributed by atoms with Crippen LogP contribution in [0.1, 0.15) is 18.1 Å². The predicted molar refractivity (Wildman–Crippen MR) is 85.5 cm³/mol. The van der Waals surface area contributed by atoms with Gasteiger partial charge in [0.2, 0.25) is 0 Å². The van der Waals surface area contributed by atoms with E-state index in [0.717, 1.165) is 17.7 Å². The lowest BCUT2D eigenvalue weighted by Crippen LogP contribution is -2.34. The third kappa shape index (κ3) is 4.88. The second-order valence-corrected chi connectivity index (χ2v) is 4.99. The van der Waals surface area contributed by atoms with Crippen molar-refractivity contribution in [3.05, 3.63) is 65.7 Å². The minimum Gasteiger partial charge on any atom is -0.494 e. The van der Waals surface area contributed by atoms with Crippen molar-refractivity contribution >= 4 is 0 Å². The quantitative estimate of drug-likeness (QED) is 0.783. The average molecular weight is 285 g/mol. The average Bonchev–Trinajstić information content (AvgIpc) is 2.54. The fourth-order valence-electron chi connectivity index (χ4n) is 2.30. The zero-order valence-corrected chi connectivity index (χ0v) is 12.5. The Balaban J connectivity index is 1.94. The SMILES string of the molecule is CCOc1ccccc1CN[C@H](CO)Cc1ccccc1. The number of aliphatic hydroxyl groups is 1. The second-order valence-electron chi connectivity index (χ2n) is 4.99. The van der Waals surface area contributed by atoms with E-state index in [9.17, 15) is 5.11 Å². The third-order valence-corrected chi connectivity index (χ3v) is 3.40. The minimum absolute atomic E-state index is 0.0436. The van der Waals surface area contributed by atoms with Crippen LogP contribution in [0.3, 0.4) is 0 Å². The number of hydrogen-bond acceptors (Lipinski definition) is 3. The molecule has 0 amide bonds. The topological polar surface area (TPSA) is 41.5 Å². The molecule has 0 unspecified atom stereocenters. The van der Waals surface area contributed by atoms with Crippen LogP contribution in [-0.4, -0.2) is 24.4 Å². The van der Waals surface area contributed by atoms with Gasteiger partial charge in [0.1, 0.15) is 5.75 Å². The van der Waals surface area contributed by atoms with E-state index in [0.29, 0.717) is 13.2 Å². The first-order chi connectivity index (χ1) is 10.3. The van der Waals surface area contributed by atoms with Crippen LogP contribution in [0.5, 0.6) is 5.75 Å². The van der Waals surface area contributed by atoms with E-state index in [1.165, 1.54) is 5.56 Å². The fraction of sp³-hybridized carbons (Fsp3) is 0.333. The van der Waals surface area contributed by atoms with Crippen molar-refractivity contribution < 1.29 is 9.84 Å². The van der Waals surface area contributed by atoms with Crippen LogP contribution in [-0.2, 0) is 13.0 Å². The van der Waals surface area contributed by atoms with Crippen LogP contribution < -0.4 is 10.1 Å². The van der Waals surface area contributed by atoms with Gasteiger partial charge in [0.25, 0.3) is 0 Å². The Morgan fingerprint density at radius 1 is 1.05 bits per heavy atom. The van der Waals surface area contributed by atoms with Crippen molar-refractivity contribution in [1.29, 1.82) is 0 Å². The summed E-state index contributed by atoms with van der Waals surface area (Å²) in [5, 5.41) is 12.9. The first-order valence-electron chi connectivity index (χ1n) is 7.42. The molecule has 0 bridgehead atoms. The molecule has 1 atom stereocenters. The summed E-state index contributed by atoms with van der Waals surface area (Å²) in [7, 11) is 0. The molecule has 2 N–H and O–H groups in total. The predicted octanol–water partition coefficient (Wildman–Crippen LogP) is 2.78. The zero-order valence-electron chi connectivity index (χ0n) is 12.5. The highest BCUT2D eigenvalue weighted by atomic mass is 16.5. The van der Waals surface area contributed by atoms with Gasteiger partial charge in [-0.05, 0) is 25.0 Å². The van der Waals surface area contributed by atoms with Gasteiger partial charge in [-0.3, -0.25) is 0 Å². The summed E-state index contributed by atoms with van der Waals surface area (Å²) in [6, 6.07) is 18.3. The van der Waals surface area contributed by atoms with E-state index < -0.39 is 0 Å². The number of benzene rings is 2. The molecule has 21 heavy (non-hydrogen) atoms. The van der Waals surface area contributed by atoms with Gasteiger partial charge in [0.05, 0.1) is 13.2 Å². The lowest BCUT2D eigenvalue weighted by Gasteiger charge is -2.18. The van der Waals surface area contributed by atoms with E-state index in [4.69, 9.17) is 4.74 Å². The Morgan fingerprint density at radius 3 is 2.48 bits per heavy atom. The Labute approximate surface area is 126 Å². The van der Waals surface area contributed by atoms with Gasteiger partial charge in [0, 0.05) is 18.2 Å². The number of ether oxygens (including phenoxy) is 1. The number of rotatable bonds is 8. The van der Waals surface area contributed by atoms with E-state index in [1.807, 2.05) is 43.3 Å². The highest BCUT2D eigenvalue weighted by molar-refractivity contribution is 5.33. The van der Waals surface area contributed by atoms with Crippen molar-refractivity contribution in [3.8, 4) is 5.75 Å². The molecule has 0 saturated heterocycles. The summed E-state index contributed by atoms with van der Waals surface area (Å²) < 4.78 is 5.62. The van der Waals surface area contributed by atoms with Crippen LogP contribution in [0, 0.1) is 0 Å². The summed E-state index contributed by atoms with van der Waals surface area (Å²) in [6.45, 7) is 3.44. The summed E-state index contributed by atoms with van der Waals surface area (Å²) in [5.74, 6) is 0.906. The highest BCUT2D eigenvalue weighted by Crippen LogP contribution is 2.17. The van der Waals surface area contributed by atoms with Gasteiger partial charge in [-0.1, -0.05) is 48.5 Å². The van der Waals surface area contributed by atoms with E-state index in [-0.39, 0.29) is 12.6 Å². The molecule has 0 saturated carbocycles. The maximum absolute atomic E-state index is 9.54. The van der Waals surface area contributed by atoms with E-state index in [2.05, 4.69) is 23.5 Å². The van der Waals surface area contributed by atoms with Crippen LogP contribution in [0.4, 0.5) is 0 Å². The molecule has 0 aliphatic heterocycles.